The van der Waals surface area contributed by atoms with Gasteiger partial charge in [-0.1, -0.05) is 23.7 Å². The van der Waals surface area contributed by atoms with E-state index in [0.717, 1.165) is 15.2 Å². The van der Waals surface area contributed by atoms with Gasteiger partial charge in [-0.3, -0.25) is 9.36 Å². The van der Waals surface area contributed by atoms with E-state index in [9.17, 15) is 9.59 Å². The van der Waals surface area contributed by atoms with Crippen molar-refractivity contribution in [2.24, 2.45) is 0 Å². The van der Waals surface area contributed by atoms with Crippen LogP contribution in [-0.4, -0.2) is 27.4 Å². The van der Waals surface area contributed by atoms with Gasteiger partial charge in [0.15, 0.2) is 5.58 Å². The first kappa shape index (κ1) is 17.8. The molecule has 2 heterocycles. The summed E-state index contributed by atoms with van der Waals surface area (Å²) in [5.74, 6) is -0.789. The highest BCUT2D eigenvalue weighted by atomic mass is 35.5. The van der Waals surface area contributed by atoms with E-state index in [0.29, 0.717) is 16.1 Å². The number of fused-ring (bicyclic) bond motifs is 2. The molecule has 0 aliphatic heterocycles. The van der Waals surface area contributed by atoms with Crippen LogP contribution in [0.1, 0.15) is 18.0 Å². The van der Waals surface area contributed by atoms with Crippen LogP contribution in [0.5, 0.6) is 0 Å². The number of hydrogen-bond donors (Lipinski definition) is 0. The maximum Gasteiger partial charge on any atom is 0.420 e. The lowest BCUT2D eigenvalue weighted by molar-refractivity contribution is -0.132. The molecule has 27 heavy (non-hydrogen) atoms. The van der Waals surface area contributed by atoms with Crippen LogP contribution in [0.2, 0.25) is 5.02 Å². The molecule has 0 saturated carbocycles. The Labute approximate surface area is 163 Å². The molecule has 0 spiro atoms. The molecule has 1 amide bonds. The Morgan fingerprint density at radius 3 is 2.89 bits per heavy atom. The van der Waals surface area contributed by atoms with E-state index < -0.39 is 5.76 Å². The predicted octanol–water partition coefficient (Wildman–Crippen LogP) is 4.08. The SMILES string of the molecule is C[C@H](c1nc2ccccc2s1)N(C)C(=O)Cn1c(=O)oc2cc(Cl)ccc21. The molecule has 6 nitrogen and oxygen atoms in total. The van der Waals surface area contributed by atoms with Crippen molar-refractivity contribution in [2.45, 2.75) is 19.5 Å². The number of amides is 1. The fraction of sp³-hybridized carbons (Fsp3) is 0.211. The second kappa shape index (κ2) is 6.83. The van der Waals surface area contributed by atoms with Crippen molar-refractivity contribution < 1.29 is 9.21 Å². The van der Waals surface area contributed by atoms with Gasteiger partial charge in [0, 0.05) is 18.1 Å². The van der Waals surface area contributed by atoms with Crippen LogP contribution in [-0.2, 0) is 11.3 Å². The molecule has 1 atom stereocenters. The van der Waals surface area contributed by atoms with Crippen molar-refractivity contribution in [3.05, 3.63) is 63.0 Å². The van der Waals surface area contributed by atoms with Gasteiger partial charge in [0.05, 0.1) is 21.8 Å². The van der Waals surface area contributed by atoms with Gasteiger partial charge in [0.1, 0.15) is 11.6 Å². The van der Waals surface area contributed by atoms with Crippen molar-refractivity contribution >= 4 is 50.2 Å². The standard InChI is InChI=1S/C19H16ClN3O3S/c1-11(18-21-13-5-3-4-6-16(13)27-18)22(2)17(24)10-23-14-8-7-12(20)9-15(14)26-19(23)25/h3-9,11H,10H2,1-2H3/t11-/m1/s1. The van der Waals surface area contributed by atoms with Gasteiger partial charge < -0.3 is 9.32 Å². The molecular formula is C19H16ClN3O3S. The normalized spacial score (nSPS) is 12.6. The van der Waals surface area contributed by atoms with Crippen LogP contribution in [0.4, 0.5) is 0 Å². The van der Waals surface area contributed by atoms with Gasteiger partial charge in [0.25, 0.3) is 0 Å². The zero-order valence-electron chi connectivity index (χ0n) is 14.7. The number of benzene rings is 2. The summed E-state index contributed by atoms with van der Waals surface area (Å²) in [6, 6.07) is 12.5. The molecular weight excluding hydrogens is 386 g/mol. The van der Waals surface area contributed by atoms with Gasteiger partial charge in [-0.15, -0.1) is 11.3 Å². The molecule has 0 bridgehead atoms. The molecule has 4 rings (SSSR count). The van der Waals surface area contributed by atoms with E-state index in [-0.39, 0.29) is 18.5 Å². The number of nitrogens with zero attached hydrogens (tertiary/aromatic N) is 3. The molecule has 0 unspecified atom stereocenters. The maximum absolute atomic E-state index is 12.8. The smallest absolute Gasteiger partial charge is 0.408 e. The number of halogens is 1. The molecule has 0 aliphatic carbocycles. The van der Waals surface area contributed by atoms with Crippen LogP contribution < -0.4 is 5.76 Å². The average molecular weight is 402 g/mol. The van der Waals surface area contributed by atoms with Gasteiger partial charge in [-0.05, 0) is 31.2 Å². The number of thiazole rings is 1. The lowest BCUT2D eigenvalue weighted by Crippen LogP contribution is -2.34. The highest BCUT2D eigenvalue weighted by molar-refractivity contribution is 7.18. The minimum Gasteiger partial charge on any atom is -0.408 e. The van der Waals surface area contributed by atoms with Crippen molar-refractivity contribution in [1.82, 2.24) is 14.5 Å². The van der Waals surface area contributed by atoms with Gasteiger partial charge in [-0.25, -0.2) is 9.78 Å². The first-order valence-corrected chi connectivity index (χ1v) is 9.53. The summed E-state index contributed by atoms with van der Waals surface area (Å²) in [5.41, 5.74) is 1.82. The Balaban J connectivity index is 1.59. The molecule has 8 heteroatoms. The van der Waals surface area contributed by atoms with E-state index in [1.54, 1.807) is 41.5 Å². The first-order valence-electron chi connectivity index (χ1n) is 8.34. The molecule has 0 N–H and O–H groups in total. The fourth-order valence-corrected chi connectivity index (χ4v) is 4.11. The van der Waals surface area contributed by atoms with Crippen LogP contribution >= 0.6 is 22.9 Å². The summed E-state index contributed by atoms with van der Waals surface area (Å²) in [5, 5.41) is 1.32. The summed E-state index contributed by atoms with van der Waals surface area (Å²) < 4.78 is 7.58. The predicted molar refractivity (Wildman–Crippen MR) is 106 cm³/mol. The number of rotatable bonds is 4. The van der Waals surface area contributed by atoms with Crippen LogP contribution in [0.25, 0.3) is 21.3 Å². The molecule has 0 saturated heterocycles. The maximum atomic E-state index is 12.8. The first-order chi connectivity index (χ1) is 12.9. The zero-order valence-corrected chi connectivity index (χ0v) is 16.3. The third-order valence-corrected chi connectivity index (χ3v) is 6.01. The second-order valence-corrected chi connectivity index (χ2v) is 7.77. The Hall–Kier alpha value is -2.64. The van der Waals surface area contributed by atoms with Crippen molar-refractivity contribution in [3.63, 3.8) is 0 Å². The van der Waals surface area contributed by atoms with Crippen molar-refractivity contribution in [2.75, 3.05) is 7.05 Å². The quantitative estimate of drug-likeness (QED) is 0.516. The Morgan fingerprint density at radius 2 is 2.11 bits per heavy atom. The molecule has 138 valence electrons. The molecule has 0 fully saturated rings. The summed E-state index contributed by atoms with van der Waals surface area (Å²) in [4.78, 5) is 31.1. The number of hydrogen-bond acceptors (Lipinski definition) is 5. The highest BCUT2D eigenvalue weighted by Crippen LogP contribution is 2.29. The van der Waals surface area contributed by atoms with Crippen molar-refractivity contribution in [3.8, 4) is 0 Å². The monoisotopic (exact) mass is 401 g/mol. The number of carbonyl (C=O) groups excluding carboxylic acids is 1. The Bertz CT molecular complexity index is 1180. The lowest BCUT2D eigenvalue weighted by Gasteiger charge is -2.23. The average Bonchev–Trinajstić information content (AvgIpc) is 3.21. The van der Waals surface area contributed by atoms with Crippen LogP contribution in [0, 0.1) is 0 Å². The third kappa shape index (κ3) is 3.24. The highest BCUT2D eigenvalue weighted by Gasteiger charge is 2.22. The van der Waals surface area contributed by atoms with Crippen molar-refractivity contribution in [1.29, 1.82) is 0 Å². The summed E-state index contributed by atoms with van der Waals surface area (Å²) >= 11 is 7.49. The summed E-state index contributed by atoms with van der Waals surface area (Å²) in [6.45, 7) is 1.81. The number of oxazole rings is 1. The number of para-hydroxylation sites is 1. The number of aromatic nitrogens is 2. The second-order valence-electron chi connectivity index (χ2n) is 6.27. The van der Waals surface area contributed by atoms with Crippen LogP contribution in [0.3, 0.4) is 0 Å². The molecule has 0 radical (unpaired) electrons. The minimum absolute atomic E-state index is 0.112. The van der Waals surface area contributed by atoms with E-state index in [4.69, 9.17) is 16.0 Å². The van der Waals surface area contributed by atoms with E-state index in [1.807, 2.05) is 31.2 Å². The van der Waals surface area contributed by atoms with E-state index in [2.05, 4.69) is 4.98 Å². The minimum atomic E-state index is -0.582. The van der Waals surface area contributed by atoms with Gasteiger partial charge in [-0.2, -0.15) is 0 Å². The van der Waals surface area contributed by atoms with Crippen LogP contribution in [0.15, 0.2) is 51.7 Å². The third-order valence-electron chi connectivity index (χ3n) is 4.57. The lowest BCUT2D eigenvalue weighted by atomic mass is 10.3. The van der Waals surface area contributed by atoms with Gasteiger partial charge >= 0.3 is 5.76 Å². The molecule has 4 aromatic rings. The molecule has 2 aromatic heterocycles. The molecule has 2 aromatic carbocycles. The largest absolute Gasteiger partial charge is 0.420 e. The number of likely N-dealkylation sites (N-methyl/N-ethyl adjacent to an activating group) is 1. The zero-order chi connectivity index (χ0) is 19.1. The molecule has 0 aliphatic rings. The summed E-state index contributed by atoms with van der Waals surface area (Å²) in [6.07, 6.45) is 0. The van der Waals surface area contributed by atoms with E-state index in [1.165, 1.54) is 4.57 Å². The summed E-state index contributed by atoms with van der Waals surface area (Å²) in [7, 11) is 1.71. The Kier molecular flexibility index (Phi) is 4.49. The Morgan fingerprint density at radius 1 is 1.33 bits per heavy atom. The van der Waals surface area contributed by atoms with E-state index >= 15 is 0 Å². The van der Waals surface area contributed by atoms with Gasteiger partial charge in [0.2, 0.25) is 5.91 Å². The topological polar surface area (TPSA) is 68.3 Å². The number of carbonyl (C=O) groups is 1. The fourth-order valence-electron chi connectivity index (χ4n) is 2.89.